The Hall–Kier alpha value is -2.34. The largest absolute Gasteiger partial charge is 0.497 e. The average molecular weight is 429 g/mol. The van der Waals surface area contributed by atoms with E-state index in [0.717, 1.165) is 24.2 Å². The van der Waals surface area contributed by atoms with Gasteiger partial charge in [-0.2, -0.15) is 0 Å². The molecule has 0 N–H and O–H groups in total. The van der Waals surface area contributed by atoms with Gasteiger partial charge in [-0.1, -0.05) is 32.9 Å². The Morgan fingerprint density at radius 3 is 2.60 bits per heavy atom. The smallest absolute Gasteiger partial charge is 0.242 e. The first-order valence-corrected chi connectivity index (χ1v) is 11.6. The average Bonchev–Trinajstić information content (AvgIpc) is 3.21. The molecule has 0 saturated carbocycles. The zero-order chi connectivity index (χ0) is 21.7. The number of methoxy groups -OCH3 is 1. The van der Waals surface area contributed by atoms with Crippen molar-refractivity contribution in [1.82, 2.24) is 9.80 Å². The molecule has 30 heavy (non-hydrogen) atoms. The van der Waals surface area contributed by atoms with Crippen LogP contribution in [0.2, 0.25) is 0 Å². The maximum atomic E-state index is 13.4. The number of rotatable bonds is 8. The summed E-state index contributed by atoms with van der Waals surface area (Å²) in [6, 6.07) is 9.95. The van der Waals surface area contributed by atoms with Crippen LogP contribution in [-0.4, -0.2) is 48.4 Å². The number of hydrogen-bond donors (Lipinski definition) is 0. The molecule has 2 amide bonds. The highest BCUT2D eigenvalue weighted by Gasteiger charge is 2.33. The maximum absolute atomic E-state index is 13.4. The fourth-order valence-corrected chi connectivity index (χ4v) is 4.93. The summed E-state index contributed by atoms with van der Waals surface area (Å²) in [7, 11) is 1.65. The molecular formula is C24H32N2O3S. The lowest BCUT2D eigenvalue weighted by molar-refractivity contribution is -0.142. The molecule has 0 saturated heterocycles. The van der Waals surface area contributed by atoms with Gasteiger partial charge in [0.15, 0.2) is 0 Å². The zero-order valence-electron chi connectivity index (χ0n) is 18.4. The van der Waals surface area contributed by atoms with Gasteiger partial charge in [0.05, 0.1) is 19.7 Å². The summed E-state index contributed by atoms with van der Waals surface area (Å²) in [6.07, 6.45) is 2.18. The Morgan fingerprint density at radius 2 is 1.97 bits per heavy atom. The number of thiophene rings is 1. The Kier molecular flexibility index (Phi) is 7.53. The van der Waals surface area contributed by atoms with E-state index in [1.54, 1.807) is 23.3 Å². The van der Waals surface area contributed by atoms with Crippen molar-refractivity contribution in [2.75, 3.05) is 26.7 Å². The Morgan fingerprint density at radius 1 is 1.23 bits per heavy atom. The summed E-state index contributed by atoms with van der Waals surface area (Å²) >= 11 is 1.75. The number of amides is 2. The molecule has 1 aromatic heterocycles. The number of hydrogen-bond acceptors (Lipinski definition) is 4. The summed E-state index contributed by atoms with van der Waals surface area (Å²) in [5.41, 5.74) is 2.26. The van der Waals surface area contributed by atoms with E-state index in [2.05, 4.69) is 11.4 Å². The summed E-state index contributed by atoms with van der Waals surface area (Å²) in [6.45, 7) is 7.53. The standard InChI is InChI=1S/C24H32N2O3S/c1-5-12-25(22(27)15-17(2)3)16-23(28)26-13-10-21-20(11-14-30-21)24(26)18-6-8-19(29-4)9-7-18/h6-9,11,14,17,24H,5,10,12-13,15-16H2,1-4H3/t24-/m1/s1. The van der Waals surface area contributed by atoms with E-state index in [-0.39, 0.29) is 30.3 Å². The van der Waals surface area contributed by atoms with Crippen LogP contribution in [0.5, 0.6) is 5.75 Å². The van der Waals surface area contributed by atoms with Crippen molar-refractivity contribution in [3.05, 3.63) is 51.7 Å². The van der Waals surface area contributed by atoms with Crippen LogP contribution in [0.4, 0.5) is 0 Å². The number of carbonyl (C=O) groups is 2. The van der Waals surface area contributed by atoms with Crippen molar-refractivity contribution in [2.24, 2.45) is 5.92 Å². The summed E-state index contributed by atoms with van der Waals surface area (Å²) < 4.78 is 5.30. The number of carbonyl (C=O) groups excluding carboxylic acids is 2. The van der Waals surface area contributed by atoms with Crippen LogP contribution in [-0.2, 0) is 16.0 Å². The molecule has 2 heterocycles. The van der Waals surface area contributed by atoms with E-state index in [0.29, 0.717) is 19.5 Å². The Bertz CT molecular complexity index is 860. The number of ether oxygens (including phenoxy) is 1. The molecule has 2 aromatic rings. The second kappa shape index (κ2) is 10.1. The van der Waals surface area contributed by atoms with Crippen molar-refractivity contribution in [3.8, 4) is 5.75 Å². The third-order valence-electron chi connectivity index (χ3n) is 5.47. The quantitative estimate of drug-likeness (QED) is 0.621. The molecule has 1 aliphatic rings. The third-order valence-corrected chi connectivity index (χ3v) is 6.47. The fourth-order valence-electron chi connectivity index (χ4n) is 4.03. The monoisotopic (exact) mass is 428 g/mol. The van der Waals surface area contributed by atoms with Gasteiger partial charge in [0.1, 0.15) is 5.75 Å². The van der Waals surface area contributed by atoms with Gasteiger partial charge in [0.2, 0.25) is 11.8 Å². The first kappa shape index (κ1) is 22.3. The fraction of sp³-hybridized carbons (Fsp3) is 0.500. The van der Waals surface area contributed by atoms with Crippen LogP contribution in [0.3, 0.4) is 0 Å². The van der Waals surface area contributed by atoms with Gasteiger partial charge in [0.25, 0.3) is 0 Å². The van der Waals surface area contributed by atoms with Crippen molar-refractivity contribution >= 4 is 23.2 Å². The molecule has 0 bridgehead atoms. The summed E-state index contributed by atoms with van der Waals surface area (Å²) in [5, 5.41) is 2.10. The predicted molar refractivity (Wildman–Crippen MR) is 121 cm³/mol. The molecule has 162 valence electrons. The molecule has 0 radical (unpaired) electrons. The molecule has 1 aliphatic heterocycles. The highest BCUT2D eigenvalue weighted by molar-refractivity contribution is 7.10. The van der Waals surface area contributed by atoms with Crippen molar-refractivity contribution in [2.45, 2.75) is 46.1 Å². The molecule has 6 heteroatoms. The number of benzene rings is 1. The molecule has 1 aromatic carbocycles. The highest BCUT2D eigenvalue weighted by Crippen LogP contribution is 2.38. The van der Waals surface area contributed by atoms with Gasteiger partial charge < -0.3 is 14.5 Å². The molecular weight excluding hydrogens is 396 g/mol. The van der Waals surface area contributed by atoms with Crippen LogP contribution in [0.1, 0.15) is 55.7 Å². The lowest BCUT2D eigenvalue weighted by atomic mass is 9.93. The SMILES string of the molecule is CCCN(CC(=O)N1CCc2sccc2[C@H]1c1ccc(OC)cc1)C(=O)CC(C)C. The van der Waals surface area contributed by atoms with Crippen molar-refractivity contribution in [1.29, 1.82) is 0 Å². The van der Waals surface area contributed by atoms with E-state index in [9.17, 15) is 9.59 Å². The maximum Gasteiger partial charge on any atom is 0.242 e. The van der Waals surface area contributed by atoms with Crippen LogP contribution >= 0.6 is 11.3 Å². The van der Waals surface area contributed by atoms with Gasteiger partial charge in [-0.15, -0.1) is 11.3 Å². The minimum atomic E-state index is -0.123. The van der Waals surface area contributed by atoms with Crippen molar-refractivity contribution < 1.29 is 14.3 Å². The minimum Gasteiger partial charge on any atom is -0.497 e. The Balaban J connectivity index is 1.86. The van der Waals surface area contributed by atoms with Crippen LogP contribution < -0.4 is 4.74 Å². The first-order valence-electron chi connectivity index (χ1n) is 10.7. The molecule has 0 fully saturated rings. The lowest BCUT2D eigenvalue weighted by Crippen LogP contribution is -2.47. The molecule has 5 nitrogen and oxygen atoms in total. The molecule has 3 rings (SSSR count). The van der Waals surface area contributed by atoms with E-state index >= 15 is 0 Å². The zero-order valence-corrected chi connectivity index (χ0v) is 19.2. The number of fused-ring (bicyclic) bond motifs is 1. The van der Waals surface area contributed by atoms with E-state index in [4.69, 9.17) is 4.74 Å². The van der Waals surface area contributed by atoms with Crippen LogP contribution in [0.15, 0.2) is 35.7 Å². The normalized spacial score (nSPS) is 15.8. The summed E-state index contributed by atoms with van der Waals surface area (Å²) in [4.78, 5) is 31.1. The molecule has 1 atom stereocenters. The lowest BCUT2D eigenvalue weighted by Gasteiger charge is -2.37. The summed E-state index contributed by atoms with van der Waals surface area (Å²) in [5.74, 6) is 1.15. The van der Waals surface area contributed by atoms with Gasteiger partial charge >= 0.3 is 0 Å². The van der Waals surface area contributed by atoms with Crippen molar-refractivity contribution in [3.63, 3.8) is 0 Å². The highest BCUT2D eigenvalue weighted by atomic mass is 32.1. The first-order chi connectivity index (χ1) is 14.4. The Labute approximate surface area is 183 Å². The van der Waals surface area contributed by atoms with E-state index in [1.165, 1.54) is 10.4 Å². The third kappa shape index (κ3) is 5.04. The van der Waals surface area contributed by atoms with Gasteiger partial charge in [-0.25, -0.2) is 0 Å². The van der Waals surface area contributed by atoms with Gasteiger partial charge in [-0.3, -0.25) is 9.59 Å². The number of nitrogens with zero attached hydrogens (tertiary/aromatic N) is 2. The second-order valence-corrected chi connectivity index (χ2v) is 9.23. The van der Waals surface area contributed by atoms with Gasteiger partial charge in [0, 0.05) is 24.4 Å². The molecule has 0 aliphatic carbocycles. The van der Waals surface area contributed by atoms with Gasteiger partial charge in [-0.05, 0) is 53.5 Å². The van der Waals surface area contributed by atoms with Crippen LogP contribution in [0.25, 0.3) is 0 Å². The van der Waals surface area contributed by atoms with E-state index in [1.807, 2.05) is 49.9 Å². The topological polar surface area (TPSA) is 49.9 Å². The molecule has 0 unspecified atom stereocenters. The predicted octanol–water partition coefficient (Wildman–Crippen LogP) is 4.52. The minimum absolute atomic E-state index is 0.0122. The molecule has 0 spiro atoms. The van der Waals surface area contributed by atoms with E-state index < -0.39 is 0 Å². The van der Waals surface area contributed by atoms with Crippen LogP contribution in [0, 0.1) is 5.92 Å². The second-order valence-electron chi connectivity index (χ2n) is 8.23.